The first-order valence-electron chi connectivity index (χ1n) is 14.8. The first-order chi connectivity index (χ1) is 21.1. The molecule has 0 aliphatic rings. The number of hydrogen-bond acceptors (Lipinski definition) is 7. The molecule has 2 amide bonds. The highest BCUT2D eigenvalue weighted by Gasteiger charge is 2.24. The summed E-state index contributed by atoms with van der Waals surface area (Å²) in [7, 11) is 0. The molecule has 3 aromatic rings. The van der Waals surface area contributed by atoms with Crippen molar-refractivity contribution in [3.05, 3.63) is 94.4 Å². The molecule has 0 spiro atoms. The summed E-state index contributed by atoms with van der Waals surface area (Å²) in [6, 6.07) is 12.2. The second-order valence-electron chi connectivity index (χ2n) is 10.7. The number of nitrogens with one attached hydrogen (secondary N) is 2. The zero-order valence-corrected chi connectivity index (χ0v) is 25.4. The maximum absolute atomic E-state index is 13.9. The molecule has 9 nitrogen and oxygen atoms in total. The van der Waals surface area contributed by atoms with Gasteiger partial charge in [0.2, 0.25) is 5.91 Å². The Hall–Kier alpha value is -4.09. The Morgan fingerprint density at radius 2 is 1.64 bits per heavy atom. The van der Waals surface area contributed by atoms with Crippen LogP contribution in [-0.4, -0.2) is 59.6 Å². The van der Waals surface area contributed by atoms with E-state index in [1.54, 1.807) is 36.4 Å². The van der Waals surface area contributed by atoms with Crippen molar-refractivity contribution in [3.63, 3.8) is 0 Å². The van der Waals surface area contributed by atoms with E-state index in [9.17, 15) is 28.3 Å². The van der Waals surface area contributed by atoms with E-state index in [-0.39, 0.29) is 44.0 Å². The smallest absolute Gasteiger partial charge is 0.303 e. The Balaban J connectivity index is 1.69. The molecule has 2 aromatic carbocycles. The Morgan fingerprint density at radius 3 is 2.30 bits per heavy atom. The van der Waals surface area contributed by atoms with Gasteiger partial charge in [0.15, 0.2) is 0 Å². The van der Waals surface area contributed by atoms with E-state index in [1.165, 1.54) is 6.92 Å². The fourth-order valence-electron chi connectivity index (χ4n) is 4.78. The molecule has 0 saturated heterocycles. The number of esters is 1. The fraction of sp³-hybridized carbons (Fsp3) is 0.424. The third-order valence-electron chi connectivity index (χ3n) is 6.83. The summed E-state index contributed by atoms with van der Waals surface area (Å²) in [6.07, 6.45) is 0.649. The number of amides is 2. The predicted molar refractivity (Wildman–Crippen MR) is 161 cm³/mol. The number of carbonyl (C=O) groups excluding carboxylic acids is 3. The van der Waals surface area contributed by atoms with Gasteiger partial charge in [-0.1, -0.05) is 26.0 Å². The summed E-state index contributed by atoms with van der Waals surface area (Å²) in [5.41, 5.74) is 1.23. The monoisotopic (exact) mass is 613 g/mol. The normalized spacial score (nSPS) is 12.4. The topological polar surface area (TPSA) is 121 Å². The van der Waals surface area contributed by atoms with Gasteiger partial charge in [-0.3, -0.25) is 14.4 Å². The molecule has 0 aliphatic heterocycles. The van der Waals surface area contributed by atoms with E-state index in [0.717, 1.165) is 31.0 Å². The molecule has 0 unspecified atom stereocenters. The number of benzene rings is 2. The van der Waals surface area contributed by atoms with Gasteiger partial charge in [-0.2, -0.15) is 0 Å². The number of ether oxygens (including phenoxy) is 1. The lowest BCUT2D eigenvalue weighted by Crippen LogP contribution is -2.48. The molecule has 44 heavy (non-hydrogen) atoms. The molecule has 1 aromatic heterocycles. The molecular formula is C33H41F2N3O6. The highest BCUT2D eigenvalue weighted by Crippen LogP contribution is 2.15. The Kier molecular flexibility index (Phi) is 13.5. The van der Waals surface area contributed by atoms with Crippen LogP contribution in [-0.2, 0) is 40.3 Å². The van der Waals surface area contributed by atoms with Crippen molar-refractivity contribution < 1.29 is 37.4 Å². The standard InChI is InChI=1S/C33H41F2N3O6/c1-4-11-38(12-5-2)32(41)17-23-7-6-8-25(13-23)33(42)37-30(16-24-14-26(34)18-27(35)15-24)31(40)20-36-19-28-9-10-29(44-28)21-43-22(3)39/h6-10,13-15,18,30-31,36,40H,4-5,11-12,16-17,19-21H2,1-3H3,(H,37,42)/t30-,31+/m0/s1. The zero-order chi connectivity index (χ0) is 32.1. The van der Waals surface area contributed by atoms with Crippen LogP contribution >= 0.6 is 0 Å². The number of furan rings is 1. The van der Waals surface area contributed by atoms with Gasteiger partial charge in [0.25, 0.3) is 5.91 Å². The van der Waals surface area contributed by atoms with E-state index in [1.807, 2.05) is 18.7 Å². The van der Waals surface area contributed by atoms with E-state index in [0.29, 0.717) is 35.7 Å². The molecule has 3 rings (SSSR count). The van der Waals surface area contributed by atoms with Gasteiger partial charge in [0.05, 0.1) is 25.1 Å². The van der Waals surface area contributed by atoms with Gasteiger partial charge in [-0.05, 0) is 66.8 Å². The minimum absolute atomic E-state index is 0.00134. The van der Waals surface area contributed by atoms with Crippen LogP contribution in [0.5, 0.6) is 0 Å². The highest BCUT2D eigenvalue weighted by atomic mass is 19.1. The minimum Gasteiger partial charge on any atom is -0.461 e. The highest BCUT2D eigenvalue weighted by molar-refractivity contribution is 5.95. The van der Waals surface area contributed by atoms with Gasteiger partial charge in [0, 0.05) is 38.2 Å². The summed E-state index contributed by atoms with van der Waals surface area (Å²) < 4.78 is 38.4. The predicted octanol–water partition coefficient (Wildman–Crippen LogP) is 4.30. The SMILES string of the molecule is CCCN(CCC)C(=O)Cc1cccc(C(=O)N[C@@H](Cc2cc(F)cc(F)c2)[C@H](O)CNCc2ccc(COC(C)=O)o2)c1. The van der Waals surface area contributed by atoms with Gasteiger partial charge in [-0.25, -0.2) is 8.78 Å². The van der Waals surface area contributed by atoms with Crippen molar-refractivity contribution in [2.75, 3.05) is 19.6 Å². The Morgan fingerprint density at radius 1 is 0.955 bits per heavy atom. The summed E-state index contributed by atoms with van der Waals surface area (Å²) in [5, 5.41) is 16.9. The minimum atomic E-state index is -1.15. The van der Waals surface area contributed by atoms with Crippen molar-refractivity contribution in [1.82, 2.24) is 15.5 Å². The fourth-order valence-corrected chi connectivity index (χ4v) is 4.78. The van der Waals surface area contributed by atoms with E-state index in [4.69, 9.17) is 9.15 Å². The van der Waals surface area contributed by atoms with E-state index in [2.05, 4.69) is 10.6 Å². The second-order valence-corrected chi connectivity index (χ2v) is 10.7. The Labute approximate surface area is 256 Å². The van der Waals surface area contributed by atoms with Crippen LogP contribution < -0.4 is 10.6 Å². The molecule has 2 atom stereocenters. The summed E-state index contributed by atoms with van der Waals surface area (Å²) >= 11 is 0. The number of halogens is 2. The molecular weight excluding hydrogens is 572 g/mol. The molecule has 1 heterocycles. The number of aliphatic hydroxyl groups excluding tert-OH is 1. The first kappa shape index (κ1) is 34.4. The summed E-state index contributed by atoms with van der Waals surface area (Å²) in [5.74, 6) is -1.48. The van der Waals surface area contributed by atoms with Gasteiger partial charge in [0.1, 0.15) is 29.8 Å². The molecule has 0 radical (unpaired) electrons. The number of hydrogen-bond donors (Lipinski definition) is 3. The molecule has 0 bridgehead atoms. The molecule has 0 fully saturated rings. The Bertz CT molecular complexity index is 1370. The lowest BCUT2D eigenvalue weighted by Gasteiger charge is -2.25. The summed E-state index contributed by atoms with van der Waals surface area (Å²) in [4.78, 5) is 39.0. The van der Waals surface area contributed by atoms with Crippen LogP contribution in [0.15, 0.2) is 59.0 Å². The van der Waals surface area contributed by atoms with Crippen LogP contribution in [0.2, 0.25) is 0 Å². The molecule has 238 valence electrons. The zero-order valence-electron chi connectivity index (χ0n) is 25.4. The number of nitrogens with zero attached hydrogens (tertiary/aromatic N) is 1. The molecule has 11 heteroatoms. The number of rotatable bonds is 17. The van der Waals surface area contributed by atoms with Crippen molar-refractivity contribution >= 4 is 17.8 Å². The van der Waals surface area contributed by atoms with Gasteiger partial charge < -0.3 is 29.8 Å². The summed E-state index contributed by atoms with van der Waals surface area (Å²) in [6.45, 7) is 6.90. The lowest BCUT2D eigenvalue weighted by atomic mass is 9.99. The molecule has 0 saturated carbocycles. The average molecular weight is 614 g/mol. The van der Waals surface area contributed by atoms with Crippen LogP contribution in [0.25, 0.3) is 0 Å². The quantitative estimate of drug-likeness (QED) is 0.194. The van der Waals surface area contributed by atoms with Crippen LogP contribution in [0, 0.1) is 11.6 Å². The molecule has 0 aliphatic carbocycles. The first-order valence-corrected chi connectivity index (χ1v) is 14.8. The lowest BCUT2D eigenvalue weighted by molar-refractivity contribution is -0.142. The van der Waals surface area contributed by atoms with Crippen molar-refractivity contribution in [2.45, 2.75) is 71.8 Å². The van der Waals surface area contributed by atoms with Crippen LogP contribution in [0.1, 0.15) is 66.6 Å². The van der Waals surface area contributed by atoms with Gasteiger partial charge in [-0.15, -0.1) is 0 Å². The largest absolute Gasteiger partial charge is 0.461 e. The van der Waals surface area contributed by atoms with Crippen LogP contribution in [0.3, 0.4) is 0 Å². The van der Waals surface area contributed by atoms with E-state index < -0.39 is 35.7 Å². The second kappa shape index (κ2) is 17.3. The van der Waals surface area contributed by atoms with Crippen LogP contribution in [0.4, 0.5) is 8.78 Å². The third kappa shape index (κ3) is 11.2. The average Bonchev–Trinajstić information content (AvgIpc) is 3.42. The van der Waals surface area contributed by atoms with Crippen molar-refractivity contribution in [3.8, 4) is 0 Å². The van der Waals surface area contributed by atoms with Crippen molar-refractivity contribution in [1.29, 1.82) is 0 Å². The third-order valence-corrected chi connectivity index (χ3v) is 6.83. The molecule has 3 N–H and O–H groups in total. The maximum Gasteiger partial charge on any atom is 0.303 e. The van der Waals surface area contributed by atoms with E-state index >= 15 is 0 Å². The number of carbonyl (C=O) groups is 3. The van der Waals surface area contributed by atoms with Crippen molar-refractivity contribution in [2.24, 2.45) is 0 Å². The van der Waals surface area contributed by atoms with Gasteiger partial charge >= 0.3 is 5.97 Å². The maximum atomic E-state index is 13.9. The number of aliphatic hydroxyl groups is 1.